The molecule has 0 fully saturated rings. The first-order chi connectivity index (χ1) is 7.35. The molecule has 1 rings (SSSR count). The van der Waals surface area contributed by atoms with Crippen LogP contribution in [0.4, 0.5) is 0 Å². The minimum absolute atomic E-state index is 0.126. The van der Waals surface area contributed by atoms with Crippen molar-refractivity contribution in [2.45, 2.75) is 26.3 Å². The highest BCUT2D eigenvalue weighted by molar-refractivity contribution is 6.27. The van der Waals surface area contributed by atoms with E-state index in [-0.39, 0.29) is 17.3 Å². The van der Waals surface area contributed by atoms with E-state index in [2.05, 4.69) is 15.3 Å². The predicted molar refractivity (Wildman–Crippen MR) is 61.5 cm³/mol. The summed E-state index contributed by atoms with van der Waals surface area (Å²) in [6.07, 6.45) is 0. The van der Waals surface area contributed by atoms with Crippen LogP contribution in [0.5, 0.6) is 0 Å². The van der Waals surface area contributed by atoms with Crippen molar-refractivity contribution < 1.29 is 4.79 Å². The fourth-order valence-electron chi connectivity index (χ4n) is 1.32. The standard InChI is InChI=1S/C10H14ClN3O2/c1-6-4-7(15)13-9(12-6)10(2,3)14-8(16)5-11/h4H,5H2,1-3H3,(H,14,16)(H,12,13,15). The molecule has 0 saturated carbocycles. The number of hydrogen-bond acceptors (Lipinski definition) is 3. The fraction of sp³-hybridized carbons (Fsp3) is 0.500. The molecule has 2 N–H and O–H groups in total. The van der Waals surface area contributed by atoms with Gasteiger partial charge < -0.3 is 10.3 Å². The average Bonchev–Trinajstić information content (AvgIpc) is 2.15. The number of nitrogens with one attached hydrogen (secondary N) is 2. The third-order valence-electron chi connectivity index (χ3n) is 2.04. The molecule has 0 aliphatic rings. The molecular weight excluding hydrogens is 230 g/mol. The Bertz CT molecular complexity index is 454. The number of carbonyl (C=O) groups excluding carboxylic acids is 1. The normalized spacial score (nSPS) is 11.2. The quantitative estimate of drug-likeness (QED) is 0.767. The third-order valence-corrected chi connectivity index (χ3v) is 2.28. The molecule has 16 heavy (non-hydrogen) atoms. The SMILES string of the molecule is Cc1cc(=O)[nH]c(C(C)(C)NC(=O)CCl)n1. The summed E-state index contributed by atoms with van der Waals surface area (Å²) in [4.78, 5) is 29.3. The summed E-state index contributed by atoms with van der Waals surface area (Å²) in [6, 6.07) is 1.39. The van der Waals surface area contributed by atoms with Crippen molar-refractivity contribution in [2.24, 2.45) is 0 Å². The van der Waals surface area contributed by atoms with Crippen LogP contribution in [-0.2, 0) is 10.3 Å². The Morgan fingerprint density at radius 2 is 2.25 bits per heavy atom. The number of H-pyrrole nitrogens is 1. The Kier molecular flexibility index (Phi) is 3.70. The van der Waals surface area contributed by atoms with Crippen LogP contribution in [0.2, 0.25) is 0 Å². The molecule has 5 nitrogen and oxygen atoms in total. The molecule has 0 aromatic carbocycles. The van der Waals surface area contributed by atoms with Crippen molar-refractivity contribution in [3.8, 4) is 0 Å². The zero-order valence-corrected chi connectivity index (χ0v) is 10.2. The number of carbonyl (C=O) groups is 1. The molecule has 88 valence electrons. The van der Waals surface area contributed by atoms with Crippen molar-refractivity contribution in [1.29, 1.82) is 0 Å². The molecule has 0 unspecified atom stereocenters. The lowest BCUT2D eigenvalue weighted by Crippen LogP contribution is -2.43. The molecule has 0 radical (unpaired) electrons. The van der Waals surface area contributed by atoms with Gasteiger partial charge >= 0.3 is 0 Å². The number of aromatic amines is 1. The molecule has 1 aromatic heterocycles. The van der Waals surface area contributed by atoms with Gasteiger partial charge in [0.25, 0.3) is 5.56 Å². The number of aryl methyl sites for hydroxylation is 1. The van der Waals surface area contributed by atoms with Crippen LogP contribution < -0.4 is 10.9 Å². The number of hydrogen-bond donors (Lipinski definition) is 2. The Morgan fingerprint density at radius 3 is 2.75 bits per heavy atom. The van der Waals surface area contributed by atoms with Gasteiger partial charge in [0.1, 0.15) is 11.7 Å². The second-order valence-electron chi connectivity index (χ2n) is 4.04. The molecule has 0 aliphatic heterocycles. The molecule has 0 bridgehead atoms. The fourth-order valence-corrected chi connectivity index (χ4v) is 1.38. The van der Waals surface area contributed by atoms with E-state index in [0.29, 0.717) is 11.5 Å². The second-order valence-corrected chi connectivity index (χ2v) is 4.31. The molecule has 6 heteroatoms. The first kappa shape index (κ1) is 12.7. The van der Waals surface area contributed by atoms with Crippen LogP contribution in [-0.4, -0.2) is 21.8 Å². The maximum atomic E-state index is 11.3. The minimum atomic E-state index is -0.753. The van der Waals surface area contributed by atoms with E-state index in [1.165, 1.54) is 6.07 Å². The molecule has 1 amide bonds. The second kappa shape index (κ2) is 4.65. The van der Waals surface area contributed by atoms with Crippen molar-refractivity contribution in [3.05, 3.63) is 27.9 Å². The number of aromatic nitrogens is 2. The van der Waals surface area contributed by atoms with Crippen LogP contribution >= 0.6 is 11.6 Å². The van der Waals surface area contributed by atoms with E-state index in [0.717, 1.165) is 0 Å². The van der Waals surface area contributed by atoms with Crippen LogP contribution in [0.15, 0.2) is 10.9 Å². The maximum Gasteiger partial charge on any atom is 0.251 e. The van der Waals surface area contributed by atoms with Gasteiger partial charge in [-0.3, -0.25) is 9.59 Å². The van der Waals surface area contributed by atoms with Crippen LogP contribution in [0.25, 0.3) is 0 Å². The zero-order valence-electron chi connectivity index (χ0n) is 9.43. The molecule has 0 spiro atoms. The van der Waals surface area contributed by atoms with Crippen molar-refractivity contribution in [2.75, 3.05) is 5.88 Å². The van der Waals surface area contributed by atoms with E-state index >= 15 is 0 Å². The Morgan fingerprint density at radius 1 is 1.62 bits per heavy atom. The van der Waals surface area contributed by atoms with Crippen molar-refractivity contribution in [3.63, 3.8) is 0 Å². The van der Waals surface area contributed by atoms with Gasteiger partial charge in [-0.2, -0.15) is 0 Å². The van der Waals surface area contributed by atoms with Crippen LogP contribution in [0, 0.1) is 6.92 Å². The Hall–Kier alpha value is -1.36. The number of alkyl halides is 1. The van der Waals surface area contributed by atoms with Crippen molar-refractivity contribution in [1.82, 2.24) is 15.3 Å². The molecule has 0 saturated heterocycles. The topological polar surface area (TPSA) is 74.8 Å². The number of rotatable bonds is 3. The third kappa shape index (κ3) is 3.06. The van der Waals surface area contributed by atoms with Crippen molar-refractivity contribution >= 4 is 17.5 Å². The molecule has 1 heterocycles. The first-order valence-electron chi connectivity index (χ1n) is 4.80. The Labute approximate surface area is 98.2 Å². The van der Waals surface area contributed by atoms with Gasteiger partial charge in [-0.1, -0.05) is 0 Å². The van der Waals surface area contributed by atoms with Crippen LogP contribution in [0.1, 0.15) is 25.4 Å². The summed E-state index contributed by atoms with van der Waals surface area (Å²) < 4.78 is 0. The maximum absolute atomic E-state index is 11.3. The lowest BCUT2D eigenvalue weighted by Gasteiger charge is -2.24. The summed E-state index contributed by atoms with van der Waals surface area (Å²) in [5.41, 5.74) is -0.389. The summed E-state index contributed by atoms with van der Waals surface area (Å²) >= 11 is 5.40. The molecule has 1 aromatic rings. The minimum Gasteiger partial charge on any atom is -0.343 e. The van der Waals surface area contributed by atoms with Gasteiger partial charge in [0.2, 0.25) is 5.91 Å². The number of nitrogens with zero attached hydrogens (tertiary/aromatic N) is 1. The summed E-state index contributed by atoms with van der Waals surface area (Å²) in [6.45, 7) is 5.21. The van der Waals surface area contributed by atoms with Gasteiger partial charge in [0.15, 0.2) is 0 Å². The smallest absolute Gasteiger partial charge is 0.251 e. The van der Waals surface area contributed by atoms with E-state index in [9.17, 15) is 9.59 Å². The average molecular weight is 244 g/mol. The van der Waals surface area contributed by atoms with Gasteiger partial charge in [-0.15, -0.1) is 11.6 Å². The summed E-state index contributed by atoms with van der Waals surface area (Å²) in [7, 11) is 0. The van der Waals surface area contributed by atoms with E-state index in [1.807, 2.05) is 0 Å². The van der Waals surface area contributed by atoms with E-state index in [4.69, 9.17) is 11.6 Å². The monoisotopic (exact) mass is 243 g/mol. The molecule has 0 aliphatic carbocycles. The lowest BCUT2D eigenvalue weighted by molar-refractivity contribution is -0.120. The van der Waals surface area contributed by atoms with Gasteiger partial charge in [0.05, 0.1) is 5.54 Å². The summed E-state index contributed by atoms with van der Waals surface area (Å²) in [5.74, 6) is -0.0220. The highest BCUT2D eigenvalue weighted by Crippen LogP contribution is 2.14. The zero-order chi connectivity index (χ0) is 12.3. The van der Waals surface area contributed by atoms with Gasteiger partial charge in [0, 0.05) is 11.8 Å². The Balaban J connectivity index is 3.06. The van der Waals surface area contributed by atoms with Crippen LogP contribution in [0.3, 0.4) is 0 Å². The van der Waals surface area contributed by atoms with Gasteiger partial charge in [-0.25, -0.2) is 4.98 Å². The molecule has 0 atom stereocenters. The highest BCUT2D eigenvalue weighted by atomic mass is 35.5. The number of halogens is 1. The first-order valence-corrected chi connectivity index (χ1v) is 5.34. The summed E-state index contributed by atoms with van der Waals surface area (Å²) in [5, 5.41) is 2.67. The number of amides is 1. The largest absolute Gasteiger partial charge is 0.343 e. The lowest BCUT2D eigenvalue weighted by atomic mass is 10.0. The predicted octanol–water partition coefficient (Wildman–Crippen LogP) is 0.668. The van der Waals surface area contributed by atoms with E-state index in [1.54, 1.807) is 20.8 Å². The van der Waals surface area contributed by atoms with E-state index < -0.39 is 5.54 Å². The molecular formula is C10H14ClN3O2. The highest BCUT2D eigenvalue weighted by Gasteiger charge is 2.25. The van der Waals surface area contributed by atoms with Gasteiger partial charge in [-0.05, 0) is 20.8 Å².